The van der Waals surface area contributed by atoms with Crippen LogP contribution in [0.15, 0.2) is 30.3 Å². The fourth-order valence-corrected chi connectivity index (χ4v) is 2.70. The molecular weight excluding hydrogens is 280 g/mol. The molecule has 0 bridgehead atoms. The van der Waals surface area contributed by atoms with Crippen LogP contribution in [0.2, 0.25) is 0 Å². The summed E-state index contributed by atoms with van der Waals surface area (Å²) in [5.41, 5.74) is 0. The summed E-state index contributed by atoms with van der Waals surface area (Å²) in [5.74, 6) is 0. The zero-order valence-electron chi connectivity index (χ0n) is 5.41. The first-order valence-corrected chi connectivity index (χ1v) is 7.55. The summed E-state index contributed by atoms with van der Waals surface area (Å²) >= 11 is -2.61. The van der Waals surface area contributed by atoms with Crippen LogP contribution in [0.1, 0.15) is 0 Å². The predicted octanol–water partition coefficient (Wildman–Crippen LogP) is 2.71. The maximum atomic E-state index is 10.2. The monoisotopic (exact) mass is 285 g/mol. The van der Waals surface area contributed by atoms with Gasteiger partial charge in [0.1, 0.15) is 0 Å². The van der Waals surface area contributed by atoms with E-state index in [9.17, 15) is 10.1 Å². The van der Waals surface area contributed by atoms with Crippen molar-refractivity contribution in [3.8, 4) is 0 Å². The van der Waals surface area contributed by atoms with Gasteiger partial charge >= 0.3 is 75.0 Å². The number of benzene rings is 1. The van der Waals surface area contributed by atoms with Crippen LogP contribution in [0.3, 0.4) is 0 Å². The molecule has 0 heterocycles. The molecule has 0 N–H and O–H groups in total. The first kappa shape index (κ1) is 8.73. The van der Waals surface area contributed by atoms with Crippen molar-refractivity contribution in [2.45, 2.75) is 0 Å². The summed E-state index contributed by atoms with van der Waals surface area (Å²) in [6, 6.07) is 8.71. The maximum absolute atomic E-state index is 10.2. The van der Waals surface area contributed by atoms with Gasteiger partial charge in [-0.15, -0.1) is 0 Å². The van der Waals surface area contributed by atoms with E-state index in [0.29, 0.717) is 3.57 Å². The second kappa shape index (κ2) is 3.87. The topological polar surface area (TPSA) is 43.1 Å². The third kappa shape index (κ3) is 2.30. The van der Waals surface area contributed by atoms with Crippen LogP contribution in [0.25, 0.3) is 0 Å². The summed E-state index contributed by atoms with van der Waals surface area (Å²) < 4.78 is 0.296. The van der Waals surface area contributed by atoms with Gasteiger partial charge in [-0.25, -0.2) is 0 Å². The molecule has 3 nitrogen and oxygen atoms in total. The van der Waals surface area contributed by atoms with Crippen molar-refractivity contribution in [3.05, 3.63) is 44.0 Å². The molecule has 0 radical (unpaired) electrons. The van der Waals surface area contributed by atoms with Crippen LogP contribution in [0, 0.1) is 13.7 Å². The van der Waals surface area contributed by atoms with Crippen LogP contribution in [0.5, 0.6) is 0 Å². The van der Waals surface area contributed by atoms with E-state index in [-0.39, 0.29) is 3.14 Å². The Labute approximate surface area is 75.0 Å². The molecule has 0 aliphatic heterocycles. The number of hydrogen-bond acceptors (Lipinski definition) is 2. The van der Waals surface area contributed by atoms with Gasteiger partial charge < -0.3 is 0 Å². The van der Waals surface area contributed by atoms with E-state index in [2.05, 4.69) is 0 Å². The van der Waals surface area contributed by atoms with Crippen LogP contribution in [-0.2, 0) is 0 Å². The van der Waals surface area contributed by atoms with Crippen molar-refractivity contribution in [3.63, 3.8) is 0 Å². The minimum absolute atomic E-state index is 0.374. The quantitative estimate of drug-likeness (QED) is 0.363. The summed E-state index contributed by atoms with van der Waals surface area (Å²) in [6.45, 7) is 0. The Kier molecular flexibility index (Phi) is 3.07. The molecule has 60 valence electrons. The Morgan fingerprint density at radius 3 is 2.36 bits per heavy atom. The Balaban J connectivity index is 2.85. The molecule has 5 heteroatoms. The molecule has 0 saturated heterocycles. The van der Waals surface area contributed by atoms with Crippen LogP contribution >= 0.6 is 27.9 Å². The third-order valence-electron chi connectivity index (χ3n) is 1.03. The molecule has 1 aromatic rings. The minimum atomic E-state index is -2.61. The van der Waals surface area contributed by atoms with E-state index in [4.69, 9.17) is 8.91 Å². The average Bonchev–Trinajstić information content (AvgIpc) is 2.05. The van der Waals surface area contributed by atoms with Gasteiger partial charge in [-0.2, -0.15) is 0 Å². The molecule has 1 aromatic carbocycles. The van der Waals surface area contributed by atoms with Gasteiger partial charge in [-0.05, 0) is 0 Å². The molecule has 0 fully saturated rings. The Morgan fingerprint density at radius 2 is 1.91 bits per heavy atom. The van der Waals surface area contributed by atoms with E-state index in [1.165, 1.54) is 0 Å². The van der Waals surface area contributed by atoms with E-state index < -0.39 is 19.0 Å². The van der Waals surface area contributed by atoms with Crippen LogP contribution in [0.4, 0.5) is 0 Å². The molecule has 11 heavy (non-hydrogen) atoms. The van der Waals surface area contributed by atoms with Crippen LogP contribution < -0.4 is 0 Å². The first-order chi connectivity index (χ1) is 5.22. The normalized spacial score (nSPS) is 10.8. The van der Waals surface area contributed by atoms with Gasteiger partial charge in [0.2, 0.25) is 0 Å². The van der Waals surface area contributed by atoms with Crippen molar-refractivity contribution < 1.29 is 3.14 Å². The van der Waals surface area contributed by atoms with Gasteiger partial charge in [-0.3, -0.25) is 0 Å². The number of nitro groups is 1. The summed E-state index contributed by atoms with van der Waals surface area (Å²) in [7, 11) is 5.60. The molecule has 0 aliphatic rings. The third-order valence-corrected chi connectivity index (χ3v) is 5.28. The summed E-state index contributed by atoms with van der Waals surface area (Å²) in [4.78, 5) is 10.2. The average molecular weight is 285 g/mol. The van der Waals surface area contributed by atoms with Gasteiger partial charge in [0.15, 0.2) is 0 Å². The molecule has 0 unspecified atom stereocenters. The SMILES string of the molecule is O=[N+]([O-])I(Cl)c1ccccc1. The zero-order valence-corrected chi connectivity index (χ0v) is 8.32. The van der Waals surface area contributed by atoms with E-state index in [1.54, 1.807) is 24.3 Å². The van der Waals surface area contributed by atoms with Crippen molar-refractivity contribution in [1.82, 2.24) is 0 Å². The summed E-state index contributed by atoms with van der Waals surface area (Å²) in [6.07, 6.45) is 0. The first-order valence-electron chi connectivity index (χ1n) is 2.78. The fraction of sp³-hybridized carbons (Fsp3) is 0. The van der Waals surface area contributed by atoms with Crippen molar-refractivity contribution in [2.24, 2.45) is 0 Å². The number of rotatable bonds is 2. The zero-order chi connectivity index (χ0) is 8.27. The molecular formula is C6H5ClINO2. The van der Waals surface area contributed by atoms with Gasteiger partial charge in [-0.1, -0.05) is 0 Å². The summed E-state index contributed by atoms with van der Waals surface area (Å²) in [5, 5.41) is 10.2. The second-order valence-electron chi connectivity index (χ2n) is 1.73. The molecule has 1 rings (SSSR count). The molecule has 0 amide bonds. The Morgan fingerprint density at radius 1 is 1.36 bits per heavy atom. The Bertz CT molecular complexity index is 254. The fourth-order valence-electron chi connectivity index (χ4n) is 0.598. The molecule has 0 aromatic heterocycles. The number of nitrogens with zero attached hydrogens (tertiary/aromatic N) is 1. The molecule has 0 spiro atoms. The number of hydrogen-bond donors (Lipinski definition) is 0. The van der Waals surface area contributed by atoms with Crippen molar-refractivity contribution in [1.29, 1.82) is 0 Å². The molecule has 0 atom stereocenters. The van der Waals surface area contributed by atoms with Crippen molar-refractivity contribution >= 4 is 27.9 Å². The van der Waals surface area contributed by atoms with Gasteiger partial charge in [0.25, 0.3) is 0 Å². The van der Waals surface area contributed by atoms with Crippen molar-refractivity contribution in [2.75, 3.05) is 0 Å². The Hall–Kier alpha value is -0.360. The van der Waals surface area contributed by atoms with E-state index >= 15 is 0 Å². The van der Waals surface area contributed by atoms with Crippen LogP contribution in [-0.4, -0.2) is 3.14 Å². The van der Waals surface area contributed by atoms with Gasteiger partial charge in [0.05, 0.1) is 0 Å². The van der Waals surface area contributed by atoms with E-state index in [1.807, 2.05) is 6.07 Å². The molecule has 0 aliphatic carbocycles. The molecule has 0 saturated carbocycles. The standard InChI is InChI=1S/C6H5ClINO2/c7-8(9(10)11)6-4-2-1-3-5-6/h1-5H. The number of halogens is 2. The second-order valence-corrected chi connectivity index (χ2v) is 6.83. The van der Waals surface area contributed by atoms with Gasteiger partial charge in [0, 0.05) is 0 Å². The predicted molar refractivity (Wildman–Crippen MR) is 52.0 cm³/mol. The van der Waals surface area contributed by atoms with E-state index in [0.717, 1.165) is 0 Å².